The highest BCUT2D eigenvalue weighted by Crippen LogP contribution is 2.43. The third-order valence-electron chi connectivity index (χ3n) is 7.25. The Hall–Kier alpha value is -5.18. The quantitative estimate of drug-likeness (QED) is 0.195. The maximum absolute atomic E-state index is 14.8. The Morgan fingerprint density at radius 3 is 2.14 bits per heavy atom. The molecule has 1 unspecified atom stereocenters. The number of hydrogen-bond acceptors (Lipinski definition) is 5. The molecule has 1 saturated carbocycles. The smallest absolute Gasteiger partial charge is 0.412 e. The van der Waals surface area contributed by atoms with Crippen molar-refractivity contribution >= 4 is 28.7 Å². The standard InChI is InChI=1S/C33H25F2NO6/c1-19(20-7-3-2-4-8-20)40-32(39)36-28-24-9-5-6-10-27(24)41-29(28)22-13-11-21(12-14-22)23-17-25(34)30(26(35)18-23)42-33(15-16-33)31(37)38/h2-14,17-19H,15-16H2,1H3,(H,36,39)(H,37,38). The van der Waals surface area contributed by atoms with E-state index in [1.54, 1.807) is 37.3 Å². The molecule has 0 saturated heterocycles. The maximum Gasteiger partial charge on any atom is 0.412 e. The number of benzene rings is 4. The summed E-state index contributed by atoms with van der Waals surface area (Å²) in [5.41, 5.74) is 1.61. The minimum absolute atomic E-state index is 0.187. The zero-order valence-corrected chi connectivity index (χ0v) is 22.4. The minimum Gasteiger partial charge on any atom is -0.478 e. The molecule has 1 aromatic heterocycles. The number of rotatable bonds is 8. The lowest BCUT2D eigenvalue weighted by Gasteiger charge is -2.15. The number of carbonyl (C=O) groups excluding carboxylic acids is 1. The van der Waals surface area contributed by atoms with E-state index >= 15 is 0 Å². The van der Waals surface area contributed by atoms with E-state index in [1.165, 1.54) is 0 Å². The van der Waals surface area contributed by atoms with Crippen LogP contribution in [0.5, 0.6) is 5.75 Å². The molecule has 1 aliphatic rings. The van der Waals surface area contributed by atoms with Crippen LogP contribution in [0.3, 0.4) is 0 Å². The number of ether oxygens (including phenoxy) is 2. The van der Waals surface area contributed by atoms with Gasteiger partial charge in [0.05, 0.1) is 5.69 Å². The van der Waals surface area contributed by atoms with Crippen LogP contribution in [0.2, 0.25) is 0 Å². The lowest BCUT2D eigenvalue weighted by Crippen LogP contribution is -2.29. The summed E-state index contributed by atoms with van der Waals surface area (Å²) in [5.74, 6) is -3.56. The molecule has 1 aliphatic carbocycles. The van der Waals surface area contributed by atoms with Crippen LogP contribution in [0, 0.1) is 11.6 Å². The number of carboxylic acid groups (broad SMARTS) is 1. The number of amides is 1. The summed E-state index contributed by atoms with van der Waals surface area (Å²) in [6.07, 6.45) is -0.761. The molecule has 9 heteroatoms. The molecule has 7 nitrogen and oxygen atoms in total. The average molecular weight is 570 g/mol. The van der Waals surface area contributed by atoms with Gasteiger partial charge in [0.1, 0.15) is 11.7 Å². The number of furan rings is 1. The summed E-state index contributed by atoms with van der Waals surface area (Å²) >= 11 is 0. The Morgan fingerprint density at radius 1 is 0.881 bits per heavy atom. The van der Waals surface area contributed by atoms with Gasteiger partial charge in [-0.1, -0.05) is 66.7 Å². The second kappa shape index (κ2) is 10.7. The van der Waals surface area contributed by atoms with E-state index in [4.69, 9.17) is 13.9 Å². The van der Waals surface area contributed by atoms with E-state index in [0.717, 1.165) is 17.7 Å². The predicted molar refractivity (Wildman–Crippen MR) is 152 cm³/mol. The number of hydrogen-bond donors (Lipinski definition) is 2. The summed E-state index contributed by atoms with van der Waals surface area (Å²) in [7, 11) is 0. The first-order valence-electron chi connectivity index (χ1n) is 13.3. The van der Waals surface area contributed by atoms with Gasteiger partial charge in [0.25, 0.3) is 0 Å². The highest BCUT2D eigenvalue weighted by atomic mass is 19.1. The fourth-order valence-electron chi connectivity index (χ4n) is 4.76. The summed E-state index contributed by atoms with van der Waals surface area (Å²) in [6.45, 7) is 1.78. The van der Waals surface area contributed by atoms with Gasteiger partial charge in [-0.3, -0.25) is 5.32 Å². The van der Waals surface area contributed by atoms with Gasteiger partial charge in [-0.05, 0) is 47.9 Å². The molecule has 0 radical (unpaired) electrons. The summed E-state index contributed by atoms with van der Waals surface area (Å²) in [4.78, 5) is 24.3. The number of nitrogens with one attached hydrogen (secondary N) is 1. The van der Waals surface area contributed by atoms with E-state index in [9.17, 15) is 23.5 Å². The van der Waals surface area contributed by atoms with Gasteiger partial charge >= 0.3 is 12.1 Å². The Kier molecular flexibility index (Phi) is 6.86. The fourth-order valence-corrected chi connectivity index (χ4v) is 4.76. The predicted octanol–water partition coefficient (Wildman–Crippen LogP) is 8.35. The van der Waals surface area contributed by atoms with Gasteiger partial charge in [-0.25, -0.2) is 18.4 Å². The van der Waals surface area contributed by atoms with Crippen molar-refractivity contribution in [1.82, 2.24) is 0 Å². The molecule has 1 amide bonds. The molecule has 0 aliphatic heterocycles. The van der Waals surface area contributed by atoms with Crippen LogP contribution in [0.25, 0.3) is 33.4 Å². The maximum atomic E-state index is 14.8. The number of carboxylic acids is 1. The Bertz CT molecular complexity index is 1770. The molecular weight excluding hydrogens is 544 g/mol. The second-order valence-corrected chi connectivity index (χ2v) is 10.1. The van der Waals surface area contributed by atoms with Gasteiger partial charge in [-0.2, -0.15) is 0 Å². The Labute approximate surface area is 239 Å². The van der Waals surface area contributed by atoms with E-state index in [2.05, 4.69) is 5.32 Å². The van der Waals surface area contributed by atoms with Crippen LogP contribution >= 0.6 is 0 Å². The van der Waals surface area contributed by atoms with Crippen molar-refractivity contribution in [2.45, 2.75) is 31.5 Å². The third kappa shape index (κ3) is 5.16. The number of aliphatic carboxylic acids is 1. The van der Waals surface area contributed by atoms with Crippen molar-refractivity contribution in [3.8, 4) is 28.2 Å². The Morgan fingerprint density at radius 2 is 1.50 bits per heavy atom. The molecule has 212 valence electrons. The second-order valence-electron chi connectivity index (χ2n) is 10.1. The van der Waals surface area contributed by atoms with E-state index in [0.29, 0.717) is 33.5 Å². The summed E-state index contributed by atoms with van der Waals surface area (Å²) in [5, 5.41) is 12.8. The number of fused-ring (bicyclic) bond motifs is 1. The number of anilines is 1. The highest BCUT2D eigenvalue weighted by Gasteiger charge is 2.54. The number of carbonyl (C=O) groups is 2. The highest BCUT2D eigenvalue weighted by molar-refractivity contribution is 6.05. The molecule has 0 bridgehead atoms. The van der Waals surface area contributed by atoms with Gasteiger partial charge in [0, 0.05) is 23.8 Å². The van der Waals surface area contributed by atoms with Crippen molar-refractivity contribution < 1.29 is 37.4 Å². The first-order valence-corrected chi connectivity index (χ1v) is 13.3. The third-order valence-corrected chi connectivity index (χ3v) is 7.25. The molecule has 2 N–H and O–H groups in total. The van der Waals surface area contributed by atoms with Crippen LogP contribution in [0.15, 0.2) is 95.4 Å². The Balaban J connectivity index is 1.26. The van der Waals surface area contributed by atoms with Crippen molar-refractivity contribution in [3.63, 3.8) is 0 Å². The molecule has 42 heavy (non-hydrogen) atoms. The van der Waals surface area contributed by atoms with Crippen molar-refractivity contribution in [1.29, 1.82) is 0 Å². The number of para-hydroxylation sites is 1. The molecule has 0 spiro atoms. The van der Waals surface area contributed by atoms with Gasteiger partial charge < -0.3 is 19.0 Å². The van der Waals surface area contributed by atoms with Crippen LogP contribution in [-0.4, -0.2) is 22.8 Å². The van der Waals surface area contributed by atoms with Crippen LogP contribution < -0.4 is 10.1 Å². The fraction of sp³-hybridized carbons (Fsp3) is 0.152. The van der Waals surface area contributed by atoms with Crippen LogP contribution in [0.4, 0.5) is 19.3 Å². The normalized spacial score (nSPS) is 14.3. The van der Waals surface area contributed by atoms with Gasteiger partial charge in [0.15, 0.2) is 23.1 Å². The lowest BCUT2D eigenvalue weighted by atomic mass is 10.0. The zero-order valence-electron chi connectivity index (χ0n) is 22.4. The molecule has 1 fully saturated rings. The first kappa shape index (κ1) is 27.0. The molecular formula is C33H25F2NO6. The largest absolute Gasteiger partial charge is 0.478 e. The average Bonchev–Trinajstić information content (AvgIpc) is 3.70. The first-order chi connectivity index (χ1) is 20.2. The number of halogens is 2. The van der Waals surface area contributed by atoms with Crippen LogP contribution in [0.1, 0.15) is 31.4 Å². The van der Waals surface area contributed by atoms with E-state index in [1.807, 2.05) is 48.5 Å². The van der Waals surface area contributed by atoms with Crippen molar-refractivity contribution in [3.05, 3.63) is 108 Å². The van der Waals surface area contributed by atoms with Crippen molar-refractivity contribution in [2.24, 2.45) is 0 Å². The lowest BCUT2D eigenvalue weighted by molar-refractivity contribution is -0.147. The molecule has 4 aromatic carbocycles. The monoisotopic (exact) mass is 569 g/mol. The summed E-state index contributed by atoms with van der Waals surface area (Å²) in [6, 6.07) is 25.5. The van der Waals surface area contributed by atoms with E-state index < -0.39 is 41.2 Å². The topological polar surface area (TPSA) is 98.0 Å². The van der Waals surface area contributed by atoms with Crippen molar-refractivity contribution in [2.75, 3.05) is 5.32 Å². The van der Waals surface area contributed by atoms with Gasteiger partial charge in [0.2, 0.25) is 5.60 Å². The molecule has 1 atom stereocenters. The molecule has 1 heterocycles. The van der Waals surface area contributed by atoms with Crippen LogP contribution in [-0.2, 0) is 9.53 Å². The molecule has 5 aromatic rings. The van der Waals surface area contributed by atoms with E-state index in [-0.39, 0.29) is 18.4 Å². The van der Waals surface area contributed by atoms with Gasteiger partial charge in [-0.15, -0.1) is 0 Å². The minimum atomic E-state index is -1.57. The summed E-state index contributed by atoms with van der Waals surface area (Å²) < 4.78 is 46.6. The SMILES string of the molecule is CC(OC(=O)Nc1c(-c2ccc(-c3cc(F)c(OC4(C(=O)O)CC4)c(F)c3)cc2)oc2ccccc12)c1ccccc1. The zero-order chi connectivity index (χ0) is 29.4. The molecule has 6 rings (SSSR count).